The smallest absolute Gasteiger partial charge is 0.255 e. The quantitative estimate of drug-likeness (QED) is 0.538. The monoisotopic (exact) mass is 362 g/mol. The standard InChI is InChI=1S/C21H24F2OS/c1-14-6-8-15(9-7-14)17-4-2-3-5-18(17)21(20(22)23)12-10-16(11-13-21)19(24)25/h2-5,10-16,20H,6-9H2,1H3,(H,24,25)/t14-,15-,16?,21?. The Kier molecular flexibility index (Phi) is 5.47. The van der Waals surface area contributed by atoms with Gasteiger partial charge >= 0.3 is 0 Å². The fourth-order valence-electron chi connectivity index (χ4n) is 4.07. The molecule has 1 nitrogen and oxygen atoms in total. The van der Waals surface area contributed by atoms with Crippen molar-refractivity contribution in [2.24, 2.45) is 11.8 Å². The number of hydrogen-bond acceptors (Lipinski definition) is 1. The Balaban J connectivity index is 2.00. The molecule has 0 heterocycles. The lowest BCUT2D eigenvalue weighted by Gasteiger charge is -2.35. The number of allylic oxidation sites excluding steroid dienone is 4. The summed E-state index contributed by atoms with van der Waals surface area (Å²) >= 11 is 3.82. The van der Waals surface area contributed by atoms with Gasteiger partial charge in [0, 0.05) is 0 Å². The van der Waals surface area contributed by atoms with Crippen molar-refractivity contribution in [2.45, 2.75) is 50.4 Å². The zero-order valence-corrected chi connectivity index (χ0v) is 15.3. The Hall–Kier alpha value is -1.42. The highest BCUT2D eigenvalue weighted by molar-refractivity contribution is 7.96. The summed E-state index contributed by atoms with van der Waals surface area (Å²) in [6.07, 6.45) is 7.92. The van der Waals surface area contributed by atoms with Crippen molar-refractivity contribution in [3.05, 3.63) is 59.7 Å². The molecule has 0 amide bonds. The number of carbonyl (C=O) groups excluding carboxylic acids is 1. The van der Waals surface area contributed by atoms with Crippen LogP contribution in [0, 0.1) is 11.8 Å². The molecule has 0 bridgehead atoms. The maximum absolute atomic E-state index is 14.2. The summed E-state index contributed by atoms with van der Waals surface area (Å²) in [5.41, 5.74) is 0.237. The van der Waals surface area contributed by atoms with Crippen LogP contribution >= 0.6 is 12.6 Å². The molecule has 0 unspecified atom stereocenters. The first-order valence-corrected chi connectivity index (χ1v) is 9.38. The van der Waals surface area contributed by atoms with Gasteiger partial charge in [0.25, 0.3) is 6.43 Å². The van der Waals surface area contributed by atoms with Crippen LogP contribution in [0.4, 0.5) is 8.78 Å². The summed E-state index contributed by atoms with van der Waals surface area (Å²) in [7, 11) is 0. The molecule has 0 aliphatic heterocycles. The average molecular weight is 362 g/mol. The number of alkyl halides is 2. The molecule has 25 heavy (non-hydrogen) atoms. The van der Waals surface area contributed by atoms with Gasteiger partial charge < -0.3 is 0 Å². The van der Waals surface area contributed by atoms with E-state index in [1.54, 1.807) is 12.2 Å². The third kappa shape index (κ3) is 3.59. The molecule has 1 saturated carbocycles. The second-order valence-corrected chi connectivity index (χ2v) is 7.80. The van der Waals surface area contributed by atoms with Gasteiger partial charge in [-0.3, -0.25) is 4.79 Å². The van der Waals surface area contributed by atoms with E-state index in [0.29, 0.717) is 17.4 Å². The van der Waals surface area contributed by atoms with Crippen molar-refractivity contribution in [3.8, 4) is 0 Å². The van der Waals surface area contributed by atoms with Gasteiger partial charge in [-0.1, -0.05) is 68.3 Å². The number of benzene rings is 1. The van der Waals surface area contributed by atoms with Gasteiger partial charge in [-0.05, 0) is 35.8 Å². The molecule has 1 aromatic rings. The van der Waals surface area contributed by atoms with Gasteiger partial charge in [-0.25, -0.2) is 8.78 Å². The van der Waals surface area contributed by atoms with Gasteiger partial charge in [0.05, 0.1) is 11.3 Å². The summed E-state index contributed by atoms with van der Waals surface area (Å²) in [5.74, 6) is 0.510. The molecule has 0 spiro atoms. The molecule has 134 valence electrons. The van der Waals surface area contributed by atoms with Crippen LogP contribution in [0.1, 0.15) is 49.7 Å². The first-order valence-electron chi connectivity index (χ1n) is 8.93. The third-order valence-electron chi connectivity index (χ3n) is 5.69. The lowest BCUT2D eigenvalue weighted by atomic mass is 9.70. The molecule has 0 atom stereocenters. The summed E-state index contributed by atoms with van der Waals surface area (Å²) in [4.78, 5) is 11.4. The molecular weight excluding hydrogens is 338 g/mol. The topological polar surface area (TPSA) is 17.1 Å². The minimum absolute atomic E-state index is 0.328. The number of hydrogen-bond donors (Lipinski definition) is 1. The number of halogens is 2. The second kappa shape index (κ2) is 7.45. The van der Waals surface area contributed by atoms with E-state index < -0.39 is 17.8 Å². The van der Waals surface area contributed by atoms with Gasteiger partial charge in [0.2, 0.25) is 0 Å². The van der Waals surface area contributed by atoms with E-state index >= 15 is 0 Å². The van der Waals surface area contributed by atoms with E-state index in [1.165, 1.54) is 12.2 Å². The molecule has 1 fully saturated rings. The Morgan fingerprint density at radius 1 is 1.12 bits per heavy atom. The molecule has 0 saturated heterocycles. The normalized spacial score (nSPS) is 32.1. The Morgan fingerprint density at radius 3 is 2.28 bits per heavy atom. The highest BCUT2D eigenvalue weighted by Crippen LogP contribution is 2.44. The minimum Gasteiger partial charge on any atom is -0.286 e. The van der Waals surface area contributed by atoms with E-state index in [1.807, 2.05) is 24.3 Å². The molecule has 0 N–H and O–H groups in total. The third-order valence-corrected chi connectivity index (χ3v) is 5.99. The fourth-order valence-corrected chi connectivity index (χ4v) is 4.24. The predicted octanol–water partition coefficient (Wildman–Crippen LogP) is 5.68. The van der Waals surface area contributed by atoms with Gasteiger partial charge in [-0.15, -0.1) is 12.6 Å². The first kappa shape index (κ1) is 18.4. The summed E-state index contributed by atoms with van der Waals surface area (Å²) in [6.45, 7) is 2.25. The largest absolute Gasteiger partial charge is 0.286 e. The van der Waals surface area contributed by atoms with Crippen molar-refractivity contribution in [1.29, 1.82) is 0 Å². The zero-order valence-electron chi connectivity index (χ0n) is 14.4. The van der Waals surface area contributed by atoms with Crippen molar-refractivity contribution in [2.75, 3.05) is 0 Å². The summed E-state index contributed by atoms with van der Waals surface area (Å²) < 4.78 is 28.4. The molecule has 4 heteroatoms. The molecule has 2 aliphatic carbocycles. The van der Waals surface area contributed by atoms with Crippen LogP contribution in [0.25, 0.3) is 0 Å². The Morgan fingerprint density at radius 2 is 1.72 bits per heavy atom. The van der Waals surface area contributed by atoms with Crippen LogP contribution < -0.4 is 0 Å². The first-order chi connectivity index (χ1) is 11.9. The molecule has 0 radical (unpaired) electrons. The zero-order chi connectivity index (χ0) is 18.0. The molecular formula is C21H24F2OS. The van der Waals surface area contributed by atoms with Crippen molar-refractivity contribution in [3.63, 3.8) is 0 Å². The number of thiol groups is 1. The molecule has 3 rings (SSSR count). The Labute approximate surface area is 153 Å². The maximum atomic E-state index is 14.2. The van der Waals surface area contributed by atoms with Crippen molar-refractivity contribution >= 4 is 17.7 Å². The highest BCUT2D eigenvalue weighted by Gasteiger charge is 2.41. The second-order valence-electron chi connectivity index (χ2n) is 7.36. The summed E-state index contributed by atoms with van der Waals surface area (Å²) in [5, 5.41) is -0.329. The van der Waals surface area contributed by atoms with E-state index in [4.69, 9.17) is 0 Å². The van der Waals surface area contributed by atoms with Gasteiger partial charge in [0.1, 0.15) is 0 Å². The lowest BCUT2D eigenvalue weighted by Crippen LogP contribution is -2.34. The van der Waals surface area contributed by atoms with Crippen LogP contribution in [0.2, 0.25) is 0 Å². The van der Waals surface area contributed by atoms with Crippen LogP contribution in [-0.4, -0.2) is 11.5 Å². The average Bonchev–Trinajstić information content (AvgIpc) is 2.62. The van der Waals surface area contributed by atoms with Crippen molar-refractivity contribution < 1.29 is 13.6 Å². The minimum atomic E-state index is -2.57. The van der Waals surface area contributed by atoms with Crippen LogP contribution in [0.15, 0.2) is 48.6 Å². The van der Waals surface area contributed by atoms with Crippen LogP contribution in [-0.2, 0) is 10.2 Å². The lowest BCUT2D eigenvalue weighted by molar-refractivity contribution is -0.112. The SMILES string of the molecule is C[C@H]1CC[C@H](c2ccccc2C2(C(F)F)C=CC(C(=O)S)C=C2)CC1. The summed E-state index contributed by atoms with van der Waals surface area (Å²) in [6, 6.07) is 7.58. The predicted molar refractivity (Wildman–Crippen MR) is 100 cm³/mol. The Bertz CT molecular complexity index is 673. The van der Waals surface area contributed by atoms with Gasteiger partial charge in [-0.2, -0.15) is 0 Å². The maximum Gasteiger partial charge on any atom is 0.255 e. The van der Waals surface area contributed by atoms with E-state index in [2.05, 4.69) is 19.6 Å². The highest BCUT2D eigenvalue weighted by atomic mass is 32.1. The molecule has 2 aliphatic rings. The van der Waals surface area contributed by atoms with Crippen LogP contribution in [0.3, 0.4) is 0 Å². The molecule has 1 aromatic carbocycles. The van der Waals surface area contributed by atoms with E-state index in [9.17, 15) is 13.6 Å². The van der Waals surface area contributed by atoms with Crippen molar-refractivity contribution in [1.82, 2.24) is 0 Å². The number of carbonyl (C=O) groups is 1. The van der Waals surface area contributed by atoms with Crippen LogP contribution in [0.5, 0.6) is 0 Å². The molecule has 0 aromatic heterocycles. The van der Waals surface area contributed by atoms with Gasteiger partial charge in [0.15, 0.2) is 5.12 Å². The van der Waals surface area contributed by atoms with E-state index in [-0.39, 0.29) is 5.12 Å². The number of rotatable bonds is 4. The van der Waals surface area contributed by atoms with E-state index in [0.717, 1.165) is 31.2 Å². The fraction of sp³-hybridized carbons (Fsp3) is 0.476.